The van der Waals surface area contributed by atoms with Gasteiger partial charge in [0.05, 0.1) is 6.10 Å². The van der Waals surface area contributed by atoms with Gasteiger partial charge in [-0.25, -0.2) is 0 Å². The van der Waals surface area contributed by atoms with Crippen LogP contribution in [0.5, 0.6) is 0 Å². The van der Waals surface area contributed by atoms with Crippen molar-refractivity contribution in [2.75, 3.05) is 11.9 Å². The summed E-state index contributed by atoms with van der Waals surface area (Å²) < 4.78 is 7.98. The molecule has 1 fully saturated rings. The zero-order valence-electron chi connectivity index (χ0n) is 17.1. The third-order valence-corrected chi connectivity index (χ3v) is 6.04. The fourth-order valence-corrected chi connectivity index (χ4v) is 4.40. The van der Waals surface area contributed by atoms with Gasteiger partial charge in [0.15, 0.2) is 0 Å². The molecule has 0 unspecified atom stereocenters. The Morgan fingerprint density at radius 2 is 2.10 bits per heavy atom. The van der Waals surface area contributed by atoms with E-state index in [0.717, 1.165) is 67.9 Å². The van der Waals surface area contributed by atoms with Crippen LogP contribution in [0.3, 0.4) is 0 Å². The van der Waals surface area contributed by atoms with E-state index < -0.39 is 0 Å². The number of benzene rings is 1. The lowest BCUT2D eigenvalue weighted by atomic mass is 10.1. The van der Waals surface area contributed by atoms with E-state index >= 15 is 0 Å². The van der Waals surface area contributed by atoms with Gasteiger partial charge in [-0.05, 0) is 86.9 Å². The number of carbonyl (C=O) groups excluding carboxylic acids is 1. The predicted octanol–water partition coefficient (Wildman–Crippen LogP) is 4.32. The molecule has 2 heterocycles. The molecule has 5 nitrogen and oxygen atoms in total. The summed E-state index contributed by atoms with van der Waals surface area (Å²) in [7, 11) is 0. The number of hydrogen-bond donors (Lipinski definition) is 1. The van der Waals surface area contributed by atoms with E-state index in [0.29, 0.717) is 0 Å². The van der Waals surface area contributed by atoms with Crippen molar-refractivity contribution in [1.82, 2.24) is 4.57 Å². The van der Waals surface area contributed by atoms with Crippen LogP contribution in [-0.2, 0) is 28.9 Å². The molecule has 0 radical (unpaired) electrons. The molecule has 2 aliphatic rings. The number of anilines is 1. The summed E-state index contributed by atoms with van der Waals surface area (Å²) in [6, 6.07) is 10.1. The van der Waals surface area contributed by atoms with Gasteiger partial charge in [-0.2, -0.15) is 5.26 Å². The number of nitrogens with zero attached hydrogens (tertiary/aromatic N) is 2. The Bertz CT molecular complexity index is 1000. The monoisotopic (exact) mass is 389 g/mol. The number of nitriles is 1. The number of hydrogen-bond acceptors (Lipinski definition) is 3. The van der Waals surface area contributed by atoms with Gasteiger partial charge in [-0.1, -0.05) is 6.07 Å². The van der Waals surface area contributed by atoms with Crippen LogP contribution < -0.4 is 5.32 Å². The summed E-state index contributed by atoms with van der Waals surface area (Å²) in [5.74, 6) is -0.366. The lowest BCUT2D eigenvalue weighted by Crippen LogP contribution is -2.17. The number of carbonyl (C=O) groups is 1. The molecule has 0 bridgehead atoms. The predicted molar refractivity (Wildman–Crippen MR) is 114 cm³/mol. The van der Waals surface area contributed by atoms with Crippen molar-refractivity contribution in [3.8, 4) is 6.07 Å². The first-order valence-corrected chi connectivity index (χ1v) is 10.4. The van der Waals surface area contributed by atoms with Gasteiger partial charge in [0, 0.05) is 30.2 Å². The number of nitrogens with one attached hydrogen (secondary N) is 1. The fraction of sp³-hybridized carbons (Fsp3) is 0.417. The third kappa shape index (κ3) is 4.13. The van der Waals surface area contributed by atoms with Crippen molar-refractivity contribution in [3.05, 3.63) is 57.9 Å². The summed E-state index contributed by atoms with van der Waals surface area (Å²) in [4.78, 5) is 12.7. The number of ether oxygens (including phenoxy) is 1. The highest BCUT2D eigenvalue weighted by Crippen LogP contribution is 2.26. The fourth-order valence-electron chi connectivity index (χ4n) is 4.40. The van der Waals surface area contributed by atoms with Crippen molar-refractivity contribution >= 4 is 17.7 Å². The molecular formula is C24H27N3O2. The first-order valence-electron chi connectivity index (χ1n) is 10.4. The van der Waals surface area contributed by atoms with Crippen molar-refractivity contribution in [2.45, 2.75) is 58.6 Å². The van der Waals surface area contributed by atoms with Gasteiger partial charge in [-0.15, -0.1) is 0 Å². The van der Waals surface area contributed by atoms with Crippen molar-refractivity contribution in [2.24, 2.45) is 0 Å². The van der Waals surface area contributed by atoms with Crippen molar-refractivity contribution in [1.29, 1.82) is 5.26 Å². The zero-order chi connectivity index (χ0) is 20.4. The van der Waals surface area contributed by atoms with E-state index in [1.54, 1.807) is 6.08 Å². The molecule has 0 spiro atoms. The molecule has 1 aromatic heterocycles. The molecule has 150 valence electrons. The Balaban J connectivity index is 1.52. The van der Waals surface area contributed by atoms with Crippen molar-refractivity contribution < 1.29 is 9.53 Å². The standard InChI is InChI=1S/C24H27N3O2/c1-16-11-20(17(2)27(16)15-23-7-4-10-29-23)12-21(14-25)24(28)26-22-9-8-18-5-3-6-19(18)13-22/h8-9,11-13,23H,3-7,10,15H2,1-2H3,(H,26,28)/b21-12+/t23-/m1/s1. The molecule has 1 atom stereocenters. The minimum atomic E-state index is -0.366. The van der Waals surface area contributed by atoms with Gasteiger partial charge in [-0.3, -0.25) is 4.79 Å². The minimum Gasteiger partial charge on any atom is -0.376 e. The van der Waals surface area contributed by atoms with Crippen LogP contribution in [0.2, 0.25) is 0 Å². The molecule has 0 saturated carbocycles. The maximum absolute atomic E-state index is 12.7. The maximum Gasteiger partial charge on any atom is 0.266 e. The molecule has 1 aromatic carbocycles. The summed E-state index contributed by atoms with van der Waals surface area (Å²) in [5.41, 5.74) is 6.59. The van der Waals surface area contributed by atoms with Crippen LogP contribution in [0, 0.1) is 25.2 Å². The molecule has 1 aliphatic heterocycles. The summed E-state index contributed by atoms with van der Waals surface area (Å²) in [6.07, 6.45) is 7.45. The van der Waals surface area contributed by atoms with E-state index in [1.807, 2.05) is 25.1 Å². The van der Waals surface area contributed by atoms with Crippen LogP contribution in [-0.4, -0.2) is 23.2 Å². The van der Waals surface area contributed by atoms with Crippen molar-refractivity contribution in [3.63, 3.8) is 0 Å². The molecule has 1 amide bonds. The van der Waals surface area contributed by atoms with E-state index in [4.69, 9.17) is 4.74 Å². The molecular weight excluding hydrogens is 362 g/mol. The molecule has 2 aromatic rings. The van der Waals surface area contributed by atoms with Gasteiger partial charge in [0.2, 0.25) is 0 Å². The van der Waals surface area contributed by atoms with E-state index in [1.165, 1.54) is 11.1 Å². The topological polar surface area (TPSA) is 67.0 Å². The Kier molecular flexibility index (Phi) is 5.55. The van der Waals surface area contributed by atoms with Gasteiger partial charge >= 0.3 is 0 Å². The van der Waals surface area contributed by atoms with E-state index in [-0.39, 0.29) is 17.6 Å². The number of aryl methyl sites for hydroxylation is 3. The second-order valence-corrected chi connectivity index (χ2v) is 8.03. The average molecular weight is 389 g/mol. The Morgan fingerprint density at radius 1 is 1.28 bits per heavy atom. The first-order chi connectivity index (χ1) is 14.0. The highest BCUT2D eigenvalue weighted by atomic mass is 16.5. The summed E-state index contributed by atoms with van der Waals surface area (Å²) >= 11 is 0. The largest absolute Gasteiger partial charge is 0.376 e. The van der Waals surface area contributed by atoms with E-state index in [9.17, 15) is 10.1 Å². The maximum atomic E-state index is 12.7. The highest BCUT2D eigenvalue weighted by molar-refractivity contribution is 6.09. The molecule has 1 saturated heterocycles. The SMILES string of the molecule is Cc1cc(/C=C(\C#N)C(=O)Nc2ccc3c(c2)CCC3)c(C)n1C[C@H]1CCCO1. The summed E-state index contributed by atoms with van der Waals surface area (Å²) in [6.45, 7) is 5.73. The normalized spacial score (nSPS) is 18.5. The van der Waals surface area contributed by atoms with Crippen LogP contribution in [0.15, 0.2) is 29.8 Å². The zero-order valence-corrected chi connectivity index (χ0v) is 17.1. The lowest BCUT2D eigenvalue weighted by molar-refractivity contribution is -0.112. The smallest absolute Gasteiger partial charge is 0.266 e. The Labute approximate surface area is 172 Å². The lowest BCUT2D eigenvalue weighted by Gasteiger charge is -2.14. The average Bonchev–Trinajstić information content (AvgIpc) is 3.44. The van der Waals surface area contributed by atoms with Gasteiger partial charge in [0.25, 0.3) is 5.91 Å². The quantitative estimate of drug-likeness (QED) is 0.612. The first kappa shape index (κ1) is 19.5. The van der Waals surface area contributed by atoms with Crippen LogP contribution in [0.4, 0.5) is 5.69 Å². The van der Waals surface area contributed by atoms with Gasteiger partial charge < -0.3 is 14.6 Å². The molecule has 1 aliphatic carbocycles. The molecule has 29 heavy (non-hydrogen) atoms. The second-order valence-electron chi connectivity index (χ2n) is 8.03. The van der Waals surface area contributed by atoms with Gasteiger partial charge in [0.1, 0.15) is 11.6 Å². The van der Waals surface area contributed by atoms with Crippen LogP contribution in [0.1, 0.15) is 47.3 Å². The van der Waals surface area contributed by atoms with Crippen LogP contribution in [0.25, 0.3) is 6.08 Å². The Morgan fingerprint density at radius 3 is 2.86 bits per heavy atom. The van der Waals surface area contributed by atoms with E-state index in [2.05, 4.69) is 28.9 Å². The number of rotatable bonds is 5. The number of fused-ring (bicyclic) bond motifs is 1. The molecule has 4 rings (SSSR count). The third-order valence-electron chi connectivity index (χ3n) is 6.04. The number of aromatic nitrogens is 1. The minimum absolute atomic E-state index is 0.114. The molecule has 5 heteroatoms. The second kappa shape index (κ2) is 8.26. The number of amides is 1. The Hall–Kier alpha value is -2.84. The molecule has 1 N–H and O–H groups in total. The van der Waals surface area contributed by atoms with Crippen LogP contribution >= 0.6 is 0 Å². The highest BCUT2D eigenvalue weighted by Gasteiger charge is 2.19. The summed E-state index contributed by atoms with van der Waals surface area (Å²) in [5, 5.41) is 12.5.